The maximum absolute atomic E-state index is 10.2. The van der Waals surface area contributed by atoms with Crippen molar-refractivity contribution in [3.63, 3.8) is 0 Å². The SMILES string of the molecule is OC1(c2cc(Cl)cnc2Cl)CCNC1. The van der Waals surface area contributed by atoms with Crippen LogP contribution in [0.2, 0.25) is 10.2 Å². The third-order valence-electron chi connectivity index (χ3n) is 2.44. The monoisotopic (exact) mass is 232 g/mol. The number of nitrogens with one attached hydrogen (secondary N) is 1. The summed E-state index contributed by atoms with van der Waals surface area (Å²) >= 11 is 11.7. The molecule has 2 heterocycles. The molecule has 5 heteroatoms. The van der Waals surface area contributed by atoms with Gasteiger partial charge >= 0.3 is 0 Å². The second-order valence-corrected chi connectivity index (χ2v) is 4.24. The molecule has 2 rings (SSSR count). The number of hydrogen-bond donors (Lipinski definition) is 2. The number of halogens is 2. The average molecular weight is 233 g/mol. The van der Waals surface area contributed by atoms with Gasteiger partial charge in [-0.25, -0.2) is 4.98 Å². The molecule has 14 heavy (non-hydrogen) atoms. The molecule has 1 aromatic rings. The van der Waals surface area contributed by atoms with Crippen LogP contribution in [-0.2, 0) is 5.60 Å². The van der Waals surface area contributed by atoms with Crippen LogP contribution >= 0.6 is 23.2 Å². The molecule has 1 aromatic heterocycles. The van der Waals surface area contributed by atoms with E-state index in [4.69, 9.17) is 23.2 Å². The first-order valence-electron chi connectivity index (χ1n) is 4.36. The first-order valence-corrected chi connectivity index (χ1v) is 5.12. The van der Waals surface area contributed by atoms with Crippen molar-refractivity contribution in [2.75, 3.05) is 13.1 Å². The van der Waals surface area contributed by atoms with Crippen LogP contribution in [0.15, 0.2) is 12.3 Å². The summed E-state index contributed by atoms with van der Waals surface area (Å²) < 4.78 is 0. The molecule has 1 aliphatic heterocycles. The highest BCUT2D eigenvalue weighted by atomic mass is 35.5. The Hall–Kier alpha value is -0.350. The van der Waals surface area contributed by atoms with Gasteiger partial charge in [0.1, 0.15) is 10.8 Å². The van der Waals surface area contributed by atoms with E-state index >= 15 is 0 Å². The summed E-state index contributed by atoms with van der Waals surface area (Å²) in [5, 5.41) is 14.1. The van der Waals surface area contributed by atoms with E-state index in [0.29, 0.717) is 28.7 Å². The first kappa shape index (κ1) is 10.2. The molecular weight excluding hydrogens is 223 g/mol. The molecule has 0 saturated carbocycles. The Morgan fingerprint density at radius 3 is 2.93 bits per heavy atom. The zero-order chi connectivity index (χ0) is 10.2. The Labute approximate surface area is 92.1 Å². The zero-order valence-corrected chi connectivity index (χ0v) is 8.94. The largest absolute Gasteiger partial charge is 0.384 e. The summed E-state index contributed by atoms with van der Waals surface area (Å²) in [7, 11) is 0. The van der Waals surface area contributed by atoms with Crippen LogP contribution in [0.25, 0.3) is 0 Å². The minimum Gasteiger partial charge on any atom is -0.384 e. The lowest BCUT2D eigenvalue weighted by Gasteiger charge is -2.22. The molecular formula is C9H10Cl2N2O. The van der Waals surface area contributed by atoms with Gasteiger partial charge in [0, 0.05) is 18.3 Å². The van der Waals surface area contributed by atoms with Gasteiger partial charge in [-0.1, -0.05) is 23.2 Å². The van der Waals surface area contributed by atoms with Crippen molar-refractivity contribution >= 4 is 23.2 Å². The maximum atomic E-state index is 10.2. The fraction of sp³-hybridized carbons (Fsp3) is 0.444. The Kier molecular flexibility index (Phi) is 2.66. The standard InChI is InChI=1S/C9H10Cl2N2O/c10-6-3-7(8(11)13-4-6)9(14)1-2-12-5-9/h3-4,12,14H,1-2,5H2. The molecule has 0 aromatic carbocycles. The summed E-state index contributed by atoms with van der Waals surface area (Å²) in [5.74, 6) is 0. The van der Waals surface area contributed by atoms with Crippen molar-refractivity contribution in [3.8, 4) is 0 Å². The van der Waals surface area contributed by atoms with Crippen molar-refractivity contribution in [3.05, 3.63) is 28.0 Å². The smallest absolute Gasteiger partial charge is 0.135 e. The van der Waals surface area contributed by atoms with Gasteiger partial charge in [-0.3, -0.25) is 0 Å². The molecule has 1 atom stereocenters. The highest BCUT2D eigenvalue weighted by molar-refractivity contribution is 6.32. The predicted molar refractivity (Wildman–Crippen MR) is 55.6 cm³/mol. The number of rotatable bonds is 1. The highest BCUT2D eigenvalue weighted by Crippen LogP contribution is 2.33. The van der Waals surface area contributed by atoms with Crippen LogP contribution < -0.4 is 5.32 Å². The van der Waals surface area contributed by atoms with Gasteiger partial charge in [0.15, 0.2) is 0 Å². The zero-order valence-electron chi connectivity index (χ0n) is 7.43. The maximum Gasteiger partial charge on any atom is 0.135 e. The molecule has 2 N–H and O–H groups in total. The number of hydrogen-bond acceptors (Lipinski definition) is 3. The molecule has 1 fully saturated rings. The topological polar surface area (TPSA) is 45.2 Å². The van der Waals surface area contributed by atoms with Crippen LogP contribution in [0.5, 0.6) is 0 Å². The Balaban J connectivity index is 2.44. The third kappa shape index (κ3) is 1.73. The normalized spacial score (nSPS) is 26.8. The lowest BCUT2D eigenvalue weighted by molar-refractivity contribution is 0.0585. The molecule has 1 aliphatic rings. The Morgan fingerprint density at radius 2 is 2.29 bits per heavy atom. The summed E-state index contributed by atoms with van der Waals surface area (Å²) in [5.41, 5.74) is -0.314. The van der Waals surface area contributed by atoms with E-state index in [1.54, 1.807) is 6.07 Å². The van der Waals surface area contributed by atoms with Gasteiger partial charge in [0.05, 0.1) is 5.02 Å². The predicted octanol–water partition coefficient (Wildman–Crippen LogP) is 1.57. The van der Waals surface area contributed by atoms with Crippen molar-refractivity contribution in [1.29, 1.82) is 0 Å². The second-order valence-electron chi connectivity index (χ2n) is 3.45. The number of aliphatic hydroxyl groups is 1. The van der Waals surface area contributed by atoms with E-state index in [-0.39, 0.29) is 0 Å². The molecule has 76 valence electrons. The van der Waals surface area contributed by atoms with Gasteiger partial charge in [0.25, 0.3) is 0 Å². The van der Waals surface area contributed by atoms with Crippen molar-refractivity contribution in [2.45, 2.75) is 12.0 Å². The fourth-order valence-electron chi connectivity index (χ4n) is 1.66. The van der Waals surface area contributed by atoms with Gasteiger partial charge in [-0.2, -0.15) is 0 Å². The lowest BCUT2D eigenvalue weighted by atomic mass is 9.95. The molecule has 0 bridgehead atoms. The van der Waals surface area contributed by atoms with E-state index < -0.39 is 5.60 Å². The minimum absolute atomic E-state index is 0.320. The highest BCUT2D eigenvalue weighted by Gasteiger charge is 2.35. The van der Waals surface area contributed by atoms with Crippen LogP contribution in [-0.4, -0.2) is 23.2 Å². The lowest BCUT2D eigenvalue weighted by Crippen LogP contribution is -2.28. The fourth-order valence-corrected chi connectivity index (χ4v) is 2.09. The number of pyridine rings is 1. The van der Waals surface area contributed by atoms with Crippen LogP contribution in [0, 0.1) is 0 Å². The number of nitrogens with zero attached hydrogens (tertiary/aromatic N) is 1. The summed E-state index contributed by atoms with van der Waals surface area (Å²) in [6, 6.07) is 1.67. The molecule has 0 amide bonds. The van der Waals surface area contributed by atoms with E-state index in [1.165, 1.54) is 6.20 Å². The molecule has 0 spiro atoms. The van der Waals surface area contributed by atoms with E-state index in [9.17, 15) is 5.11 Å². The molecule has 1 saturated heterocycles. The van der Waals surface area contributed by atoms with Crippen LogP contribution in [0.4, 0.5) is 0 Å². The number of β-amino-alcohol motifs (C(OH)–C–C–N with tert-alkyl or cyclic N) is 1. The molecule has 0 aliphatic carbocycles. The average Bonchev–Trinajstić information content (AvgIpc) is 2.58. The van der Waals surface area contributed by atoms with E-state index in [1.807, 2.05) is 0 Å². The van der Waals surface area contributed by atoms with Crippen molar-refractivity contribution in [2.24, 2.45) is 0 Å². The minimum atomic E-state index is -0.922. The third-order valence-corrected chi connectivity index (χ3v) is 2.95. The van der Waals surface area contributed by atoms with Gasteiger partial charge < -0.3 is 10.4 Å². The Bertz CT molecular complexity index is 351. The van der Waals surface area contributed by atoms with Crippen LogP contribution in [0.1, 0.15) is 12.0 Å². The molecule has 1 unspecified atom stereocenters. The summed E-state index contributed by atoms with van der Waals surface area (Å²) in [6.07, 6.45) is 2.11. The van der Waals surface area contributed by atoms with Crippen LogP contribution in [0.3, 0.4) is 0 Å². The first-order chi connectivity index (χ1) is 6.62. The Morgan fingerprint density at radius 1 is 1.50 bits per heavy atom. The molecule has 0 radical (unpaired) electrons. The van der Waals surface area contributed by atoms with E-state index in [2.05, 4.69) is 10.3 Å². The van der Waals surface area contributed by atoms with Gasteiger partial charge in [-0.05, 0) is 19.0 Å². The summed E-state index contributed by atoms with van der Waals surface area (Å²) in [4.78, 5) is 3.91. The van der Waals surface area contributed by atoms with E-state index in [0.717, 1.165) is 6.54 Å². The van der Waals surface area contributed by atoms with Crippen molar-refractivity contribution in [1.82, 2.24) is 10.3 Å². The van der Waals surface area contributed by atoms with Gasteiger partial charge in [0.2, 0.25) is 0 Å². The molecule has 3 nitrogen and oxygen atoms in total. The number of aromatic nitrogens is 1. The van der Waals surface area contributed by atoms with Crippen molar-refractivity contribution < 1.29 is 5.11 Å². The second kappa shape index (κ2) is 3.66. The summed E-state index contributed by atoms with van der Waals surface area (Å²) in [6.45, 7) is 1.27. The quantitative estimate of drug-likeness (QED) is 0.723. The van der Waals surface area contributed by atoms with Gasteiger partial charge in [-0.15, -0.1) is 0 Å².